The molecule has 2 aromatic rings. The van der Waals surface area contributed by atoms with Crippen molar-refractivity contribution < 1.29 is 0 Å². The molecule has 20 heavy (non-hydrogen) atoms. The molecule has 0 amide bonds. The van der Waals surface area contributed by atoms with Gasteiger partial charge in [0.25, 0.3) is 0 Å². The molecule has 0 fully saturated rings. The Morgan fingerprint density at radius 1 is 1.35 bits per heavy atom. The topological polar surface area (TPSA) is 53.6 Å². The quantitative estimate of drug-likeness (QED) is 0.929. The molecule has 1 aromatic heterocycles. The monoisotopic (exact) mass is 266 g/mol. The lowest BCUT2D eigenvalue weighted by Gasteiger charge is -2.18. The first-order chi connectivity index (χ1) is 9.79. The number of aryl methyl sites for hydroxylation is 3. The number of fused-ring (bicyclic) bond motifs is 1. The molecule has 0 aliphatic carbocycles. The van der Waals surface area contributed by atoms with Gasteiger partial charge in [0.1, 0.15) is 17.7 Å². The fourth-order valence-corrected chi connectivity index (χ4v) is 2.77. The van der Waals surface area contributed by atoms with E-state index in [0.717, 1.165) is 44.0 Å². The van der Waals surface area contributed by atoms with Crippen molar-refractivity contribution in [2.75, 3.05) is 11.9 Å². The molecule has 0 saturated heterocycles. The van der Waals surface area contributed by atoms with Gasteiger partial charge in [0, 0.05) is 19.5 Å². The molecule has 1 N–H and O–H groups in total. The first kappa shape index (κ1) is 12.7. The fraction of sp³-hybridized carbons (Fsp3) is 0.375. The van der Waals surface area contributed by atoms with Gasteiger partial charge in [-0.15, -0.1) is 0 Å². The third kappa shape index (κ3) is 2.27. The van der Waals surface area contributed by atoms with Crippen molar-refractivity contribution in [2.24, 2.45) is 0 Å². The third-order valence-corrected chi connectivity index (χ3v) is 3.88. The van der Waals surface area contributed by atoms with E-state index in [1.165, 1.54) is 11.1 Å². The van der Waals surface area contributed by atoms with Gasteiger partial charge in [0.05, 0.1) is 0 Å². The second-order valence-corrected chi connectivity index (χ2v) is 5.20. The molecule has 0 radical (unpaired) electrons. The van der Waals surface area contributed by atoms with Gasteiger partial charge < -0.3 is 9.88 Å². The normalized spacial score (nSPS) is 13.4. The van der Waals surface area contributed by atoms with Crippen molar-refractivity contribution in [2.45, 2.75) is 32.7 Å². The van der Waals surface area contributed by atoms with Crippen LogP contribution >= 0.6 is 0 Å². The highest BCUT2D eigenvalue weighted by Crippen LogP contribution is 2.22. The van der Waals surface area contributed by atoms with Crippen LogP contribution in [0.4, 0.5) is 5.82 Å². The maximum atomic E-state index is 9.17. The second-order valence-electron chi connectivity index (χ2n) is 5.20. The van der Waals surface area contributed by atoms with E-state index in [-0.39, 0.29) is 0 Å². The summed E-state index contributed by atoms with van der Waals surface area (Å²) >= 11 is 0. The maximum absolute atomic E-state index is 9.17. The summed E-state index contributed by atoms with van der Waals surface area (Å²) in [6, 6.07) is 10.6. The minimum absolute atomic E-state index is 0.532. The second kappa shape index (κ2) is 5.38. The Balaban J connectivity index is 1.83. The van der Waals surface area contributed by atoms with E-state index in [4.69, 9.17) is 0 Å². The Bertz CT molecular complexity index is 664. The highest BCUT2D eigenvalue weighted by molar-refractivity contribution is 5.51. The number of aromatic nitrogens is 2. The summed E-state index contributed by atoms with van der Waals surface area (Å²) in [5, 5.41) is 12.5. The summed E-state index contributed by atoms with van der Waals surface area (Å²) in [5.41, 5.74) is 3.20. The molecule has 2 heterocycles. The number of rotatable bonds is 3. The minimum Gasteiger partial charge on any atom is -0.369 e. The number of nitrogens with zero attached hydrogens (tertiary/aromatic N) is 3. The zero-order valence-electron chi connectivity index (χ0n) is 11.7. The number of benzene rings is 1. The Hall–Kier alpha value is -2.28. The van der Waals surface area contributed by atoms with Crippen molar-refractivity contribution in [3.63, 3.8) is 0 Å². The predicted octanol–water partition coefficient (Wildman–Crippen LogP) is 2.66. The Morgan fingerprint density at radius 3 is 3.00 bits per heavy atom. The van der Waals surface area contributed by atoms with Crippen molar-refractivity contribution in [3.8, 4) is 6.07 Å². The van der Waals surface area contributed by atoms with Crippen LogP contribution in [0.3, 0.4) is 0 Å². The van der Waals surface area contributed by atoms with Gasteiger partial charge in [-0.1, -0.05) is 24.3 Å². The summed E-state index contributed by atoms with van der Waals surface area (Å²) in [6.07, 6.45) is 2.93. The van der Waals surface area contributed by atoms with Gasteiger partial charge in [-0.2, -0.15) is 5.26 Å². The average Bonchev–Trinajstić information content (AvgIpc) is 2.85. The van der Waals surface area contributed by atoms with Gasteiger partial charge in [-0.25, -0.2) is 4.98 Å². The van der Waals surface area contributed by atoms with E-state index in [9.17, 15) is 5.26 Å². The lowest BCUT2D eigenvalue weighted by atomic mass is 10.0. The van der Waals surface area contributed by atoms with Gasteiger partial charge >= 0.3 is 0 Å². The van der Waals surface area contributed by atoms with E-state index in [1.807, 2.05) is 0 Å². The largest absolute Gasteiger partial charge is 0.369 e. The van der Waals surface area contributed by atoms with Crippen LogP contribution in [0, 0.1) is 18.3 Å². The summed E-state index contributed by atoms with van der Waals surface area (Å²) in [7, 11) is 0. The van der Waals surface area contributed by atoms with Crippen LogP contribution in [0.1, 0.15) is 29.1 Å². The summed E-state index contributed by atoms with van der Waals surface area (Å²) in [4.78, 5) is 4.49. The molecule has 1 aliphatic rings. The van der Waals surface area contributed by atoms with Crippen molar-refractivity contribution in [1.82, 2.24) is 9.55 Å². The summed E-state index contributed by atoms with van der Waals surface area (Å²) < 4.78 is 2.17. The van der Waals surface area contributed by atoms with Crippen LogP contribution in [-0.4, -0.2) is 16.1 Å². The van der Waals surface area contributed by atoms with Crippen LogP contribution in [0.15, 0.2) is 24.3 Å². The zero-order valence-corrected chi connectivity index (χ0v) is 11.7. The standard InChI is InChI=1S/C16H18N4/c1-12-5-2-3-6-13(12)7-8-15-19-14(11-17)16-18-9-4-10-20(15)16/h2-3,5-6,18H,4,7-10H2,1H3. The van der Waals surface area contributed by atoms with Crippen LogP contribution in [0.25, 0.3) is 0 Å². The molecule has 0 atom stereocenters. The van der Waals surface area contributed by atoms with Crippen molar-refractivity contribution in [1.29, 1.82) is 5.26 Å². The fourth-order valence-electron chi connectivity index (χ4n) is 2.77. The van der Waals surface area contributed by atoms with Gasteiger partial charge in [-0.3, -0.25) is 0 Å². The van der Waals surface area contributed by atoms with Crippen molar-refractivity contribution >= 4 is 5.82 Å². The van der Waals surface area contributed by atoms with Crippen molar-refractivity contribution in [3.05, 3.63) is 46.9 Å². The van der Waals surface area contributed by atoms with E-state index < -0.39 is 0 Å². The van der Waals surface area contributed by atoms with E-state index in [1.54, 1.807) is 0 Å². The van der Waals surface area contributed by atoms with E-state index in [0.29, 0.717) is 5.69 Å². The molecule has 4 nitrogen and oxygen atoms in total. The van der Waals surface area contributed by atoms with Crippen LogP contribution in [0.2, 0.25) is 0 Å². The van der Waals surface area contributed by atoms with Gasteiger partial charge in [0.2, 0.25) is 0 Å². The average molecular weight is 266 g/mol. The molecule has 1 aliphatic heterocycles. The van der Waals surface area contributed by atoms with Crippen LogP contribution < -0.4 is 5.32 Å². The number of hydrogen-bond donors (Lipinski definition) is 1. The molecule has 0 saturated carbocycles. The molecular formula is C16H18N4. The minimum atomic E-state index is 0.532. The summed E-state index contributed by atoms with van der Waals surface area (Å²) in [5.74, 6) is 1.92. The van der Waals surface area contributed by atoms with Gasteiger partial charge in [0.15, 0.2) is 5.69 Å². The third-order valence-electron chi connectivity index (χ3n) is 3.88. The van der Waals surface area contributed by atoms with E-state index in [2.05, 4.69) is 52.1 Å². The molecule has 4 heteroatoms. The number of anilines is 1. The molecule has 1 aromatic carbocycles. The van der Waals surface area contributed by atoms with Crippen LogP contribution in [-0.2, 0) is 19.4 Å². The lowest BCUT2D eigenvalue weighted by molar-refractivity contribution is 0.597. The predicted molar refractivity (Wildman–Crippen MR) is 78.6 cm³/mol. The Labute approximate surface area is 119 Å². The molecule has 102 valence electrons. The molecule has 3 rings (SSSR count). The van der Waals surface area contributed by atoms with E-state index >= 15 is 0 Å². The SMILES string of the molecule is Cc1ccccc1CCc1nc(C#N)c2n1CCCN2. The first-order valence-electron chi connectivity index (χ1n) is 7.07. The number of hydrogen-bond acceptors (Lipinski definition) is 3. The smallest absolute Gasteiger partial charge is 0.183 e. The highest BCUT2D eigenvalue weighted by atomic mass is 15.2. The molecular weight excluding hydrogens is 248 g/mol. The number of nitrogens with one attached hydrogen (secondary N) is 1. The Morgan fingerprint density at radius 2 is 2.20 bits per heavy atom. The van der Waals surface area contributed by atoms with Gasteiger partial charge in [-0.05, 0) is 30.9 Å². The lowest BCUT2D eigenvalue weighted by Crippen LogP contribution is -2.19. The first-order valence-corrected chi connectivity index (χ1v) is 7.07. The molecule has 0 spiro atoms. The Kier molecular flexibility index (Phi) is 3.42. The maximum Gasteiger partial charge on any atom is 0.183 e. The van der Waals surface area contributed by atoms with Crippen LogP contribution in [0.5, 0.6) is 0 Å². The zero-order chi connectivity index (χ0) is 13.9. The number of nitriles is 1. The molecule has 0 unspecified atom stereocenters. The summed E-state index contributed by atoms with van der Waals surface area (Å²) in [6.45, 7) is 4.02. The molecule has 0 bridgehead atoms. The highest BCUT2D eigenvalue weighted by Gasteiger charge is 2.19. The number of imidazole rings is 1.